The van der Waals surface area contributed by atoms with E-state index in [1.807, 2.05) is 54.6 Å². The second-order valence-electron chi connectivity index (χ2n) is 14.7. The number of hydrogen-bond donors (Lipinski definition) is 0. The maximum atomic E-state index is 6.29. The van der Waals surface area contributed by atoms with Gasteiger partial charge in [0.15, 0.2) is 17.5 Å². The molecule has 0 fully saturated rings. The lowest BCUT2D eigenvalue weighted by molar-refractivity contribution is 0.669. The quantitative estimate of drug-likeness (QED) is 0.183. The molecule has 0 aliphatic heterocycles. The van der Waals surface area contributed by atoms with Crippen LogP contribution in [0.2, 0.25) is 0 Å². The van der Waals surface area contributed by atoms with Crippen molar-refractivity contribution in [2.75, 3.05) is 0 Å². The fourth-order valence-corrected chi connectivity index (χ4v) is 9.41. The predicted molar refractivity (Wildman–Crippen MR) is 225 cm³/mol. The van der Waals surface area contributed by atoms with Crippen molar-refractivity contribution in [2.24, 2.45) is 0 Å². The van der Waals surface area contributed by atoms with Crippen molar-refractivity contribution in [1.29, 1.82) is 0 Å². The number of fused-ring (bicyclic) bond motifs is 15. The minimum Gasteiger partial charge on any atom is -0.456 e. The van der Waals surface area contributed by atoms with E-state index in [9.17, 15) is 0 Å². The number of benzene rings is 8. The molecule has 0 bridgehead atoms. The Morgan fingerprint density at radius 3 is 1.39 bits per heavy atom. The van der Waals surface area contributed by atoms with Crippen molar-refractivity contribution in [3.05, 3.63) is 210 Å². The molecule has 12 rings (SSSR count). The zero-order valence-corrected chi connectivity index (χ0v) is 30.1. The molecule has 2 aliphatic carbocycles. The van der Waals surface area contributed by atoms with Crippen LogP contribution in [0, 0.1) is 0 Å². The first-order valence-electron chi connectivity index (χ1n) is 19.0. The van der Waals surface area contributed by atoms with Gasteiger partial charge in [-0.2, -0.15) is 0 Å². The molecule has 0 unspecified atom stereocenters. The molecule has 4 heteroatoms. The summed E-state index contributed by atoms with van der Waals surface area (Å²) in [5.41, 5.74) is 16.4. The van der Waals surface area contributed by atoms with Gasteiger partial charge in [-0.15, -0.1) is 0 Å². The van der Waals surface area contributed by atoms with Crippen LogP contribution in [-0.2, 0) is 5.41 Å². The zero-order chi connectivity index (χ0) is 36.8. The Kier molecular flexibility index (Phi) is 6.52. The molecule has 0 saturated carbocycles. The SMILES string of the molecule is c1ccc(-c2nc(-c3ccc4c(c3)-c3ccccc3C43c4ccccc4-c4ccccc4-c4ccccc43)nc(-c3ccc4c(c3)oc3ccccc34)n2)cc1. The zero-order valence-electron chi connectivity index (χ0n) is 30.1. The molecular formula is C52H31N3O. The summed E-state index contributed by atoms with van der Waals surface area (Å²) in [4.78, 5) is 15.4. The first-order valence-corrected chi connectivity index (χ1v) is 19.0. The number of rotatable bonds is 3. The summed E-state index contributed by atoms with van der Waals surface area (Å²) >= 11 is 0. The lowest BCUT2D eigenvalue weighted by Crippen LogP contribution is -2.29. The highest BCUT2D eigenvalue weighted by Crippen LogP contribution is 2.61. The molecule has 10 aromatic rings. The van der Waals surface area contributed by atoms with Crippen LogP contribution >= 0.6 is 0 Å². The molecule has 0 amide bonds. The van der Waals surface area contributed by atoms with Gasteiger partial charge in [-0.3, -0.25) is 0 Å². The van der Waals surface area contributed by atoms with Gasteiger partial charge in [0.1, 0.15) is 11.2 Å². The van der Waals surface area contributed by atoms with E-state index < -0.39 is 5.41 Å². The normalized spacial score (nSPS) is 13.1. The third-order valence-electron chi connectivity index (χ3n) is 11.8. The first-order chi connectivity index (χ1) is 27.8. The Balaban J connectivity index is 1.10. The van der Waals surface area contributed by atoms with Gasteiger partial charge in [-0.05, 0) is 79.9 Å². The van der Waals surface area contributed by atoms with Crippen LogP contribution in [-0.4, -0.2) is 15.0 Å². The summed E-state index contributed by atoms with van der Waals surface area (Å²) in [6.45, 7) is 0. The van der Waals surface area contributed by atoms with E-state index in [-0.39, 0.29) is 0 Å². The predicted octanol–water partition coefficient (Wildman–Crippen LogP) is 12.8. The summed E-state index contributed by atoms with van der Waals surface area (Å²) in [6.07, 6.45) is 0. The molecule has 2 aliphatic rings. The molecule has 4 nitrogen and oxygen atoms in total. The largest absolute Gasteiger partial charge is 0.456 e. The number of furan rings is 1. The Labute approximate surface area is 323 Å². The third kappa shape index (κ3) is 4.32. The lowest BCUT2D eigenvalue weighted by atomic mass is 9.66. The van der Waals surface area contributed by atoms with Crippen molar-refractivity contribution in [3.8, 4) is 67.5 Å². The molecule has 2 heterocycles. The minimum absolute atomic E-state index is 0.544. The molecular weight excluding hydrogens is 683 g/mol. The van der Waals surface area contributed by atoms with E-state index >= 15 is 0 Å². The number of nitrogens with zero attached hydrogens (tertiary/aromatic N) is 3. The van der Waals surface area contributed by atoms with Crippen LogP contribution < -0.4 is 0 Å². The van der Waals surface area contributed by atoms with Crippen LogP contribution in [0.3, 0.4) is 0 Å². The molecule has 260 valence electrons. The van der Waals surface area contributed by atoms with Crippen LogP contribution in [0.5, 0.6) is 0 Å². The fraction of sp³-hybridized carbons (Fsp3) is 0.0192. The minimum atomic E-state index is -0.544. The van der Waals surface area contributed by atoms with Gasteiger partial charge in [-0.1, -0.05) is 164 Å². The number of para-hydroxylation sites is 1. The van der Waals surface area contributed by atoms with E-state index in [0.29, 0.717) is 17.5 Å². The standard InChI is InChI=1S/C52H31N3O/c1-2-14-32(15-3-1)49-53-50(55-51(54-49)34-26-28-41-40-21-9-13-25-47(40)56-48(41)31-34)33-27-29-46-42(30-33)39-20-8-12-24-45(39)52(46)43-22-10-6-18-37(43)35-16-4-5-17-36(35)38-19-7-11-23-44(38)52/h1-31H. The summed E-state index contributed by atoms with van der Waals surface area (Å²) in [6, 6.07) is 67.0. The van der Waals surface area contributed by atoms with Crippen molar-refractivity contribution in [3.63, 3.8) is 0 Å². The molecule has 8 aromatic carbocycles. The molecule has 0 radical (unpaired) electrons. The van der Waals surface area contributed by atoms with Gasteiger partial charge in [0, 0.05) is 27.5 Å². The van der Waals surface area contributed by atoms with Gasteiger partial charge in [0.05, 0.1) is 5.41 Å². The van der Waals surface area contributed by atoms with E-state index in [2.05, 4.69) is 133 Å². The Bertz CT molecular complexity index is 3150. The first kappa shape index (κ1) is 31.0. The molecule has 0 saturated heterocycles. The van der Waals surface area contributed by atoms with E-state index in [0.717, 1.165) is 38.6 Å². The monoisotopic (exact) mass is 713 g/mol. The number of hydrogen-bond acceptors (Lipinski definition) is 4. The topological polar surface area (TPSA) is 51.8 Å². The highest BCUT2D eigenvalue weighted by atomic mass is 16.3. The maximum Gasteiger partial charge on any atom is 0.164 e. The maximum absolute atomic E-state index is 6.29. The second-order valence-corrected chi connectivity index (χ2v) is 14.7. The summed E-state index contributed by atoms with van der Waals surface area (Å²) in [5.74, 6) is 1.84. The van der Waals surface area contributed by atoms with Crippen molar-refractivity contribution in [2.45, 2.75) is 5.41 Å². The molecule has 0 N–H and O–H groups in total. The van der Waals surface area contributed by atoms with Crippen LogP contribution in [0.25, 0.3) is 89.5 Å². The molecule has 56 heavy (non-hydrogen) atoms. The highest BCUT2D eigenvalue weighted by Gasteiger charge is 2.49. The van der Waals surface area contributed by atoms with Gasteiger partial charge in [0.25, 0.3) is 0 Å². The summed E-state index contributed by atoms with van der Waals surface area (Å²) in [5, 5.41) is 2.16. The summed E-state index contributed by atoms with van der Waals surface area (Å²) in [7, 11) is 0. The third-order valence-corrected chi connectivity index (χ3v) is 11.8. The molecule has 2 aromatic heterocycles. The van der Waals surface area contributed by atoms with Gasteiger partial charge < -0.3 is 4.42 Å². The average Bonchev–Trinajstić information content (AvgIpc) is 3.76. The fourth-order valence-electron chi connectivity index (χ4n) is 9.41. The molecule has 1 spiro atoms. The lowest BCUT2D eigenvalue weighted by Gasteiger charge is -2.35. The van der Waals surface area contributed by atoms with Crippen LogP contribution in [0.1, 0.15) is 22.3 Å². The molecule has 0 atom stereocenters. The van der Waals surface area contributed by atoms with Crippen molar-refractivity contribution < 1.29 is 4.42 Å². The van der Waals surface area contributed by atoms with Gasteiger partial charge in [0.2, 0.25) is 0 Å². The van der Waals surface area contributed by atoms with E-state index in [1.165, 1.54) is 55.6 Å². The Morgan fingerprint density at radius 2 is 0.750 bits per heavy atom. The Morgan fingerprint density at radius 1 is 0.304 bits per heavy atom. The average molecular weight is 714 g/mol. The number of aromatic nitrogens is 3. The van der Waals surface area contributed by atoms with Crippen LogP contribution in [0.4, 0.5) is 0 Å². The van der Waals surface area contributed by atoms with Gasteiger partial charge in [-0.25, -0.2) is 15.0 Å². The van der Waals surface area contributed by atoms with E-state index in [4.69, 9.17) is 19.4 Å². The smallest absolute Gasteiger partial charge is 0.164 e. The van der Waals surface area contributed by atoms with Gasteiger partial charge >= 0.3 is 0 Å². The summed E-state index contributed by atoms with van der Waals surface area (Å²) < 4.78 is 6.29. The van der Waals surface area contributed by atoms with Crippen LogP contribution in [0.15, 0.2) is 192 Å². The highest BCUT2D eigenvalue weighted by molar-refractivity contribution is 6.06. The van der Waals surface area contributed by atoms with E-state index in [1.54, 1.807) is 0 Å². The Hall–Kier alpha value is -7.43. The van der Waals surface area contributed by atoms with Crippen molar-refractivity contribution in [1.82, 2.24) is 15.0 Å². The second kappa shape index (κ2) is 11.8. The van der Waals surface area contributed by atoms with Crippen molar-refractivity contribution >= 4 is 21.9 Å².